The molecule has 0 spiro atoms. The van der Waals surface area contributed by atoms with Gasteiger partial charge in [0.2, 0.25) is 0 Å². The molecular weight excluding hydrogens is 250 g/mol. The van der Waals surface area contributed by atoms with E-state index in [0.717, 1.165) is 11.8 Å². The summed E-state index contributed by atoms with van der Waals surface area (Å²) in [4.78, 5) is 0.254. The summed E-state index contributed by atoms with van der Waals surface area (Å²) in [5, 5.41) is 9.26. The molecule has 1 aromatic rings. The van der Waals surface area contributed by atoms with Crippen molar-refractivity contribution in [2.75, 3.05) is 6.26 Å². The minimum Gasteiger partial charge on any atom is -0.391 e. The van der Waals surface area contributed by atoms with Gasteiger partial charge in [0.1, 0.15) is 0 Å². The normalized spacial score (nSPS) is 15.0. The Kier molecular flexibility index (Phi) is 5.41. The summed E-state index contributed by atoms with van der Waals surface area (Å²) >= 11 is 0. The van der Waals surface area contributed by atoms with Gasteiger partial charge in [-0.05, 0) is 24.6 Å². The van der Waals surface area contributed by atoms with Crippen LogP contribution in [0.2, 0.25) is 0 Å². The summed E-state index contributed by atoms with van der Waals surface area (Å²) in [7, 11) is -3.17. The van der Waals surface area contributed by atoms with Gasteiger partial charge in [0.15, 0.2) is 9.84 Å². The molecule has 6 heteroatoms. The summed E-state index contributed by atoms with van der Waals surface area (Å²) in [5.74, 6) is 0. The highest BCUT2D eigenvalue weighted by Crippen LogP contribution is 2.17. The Labute approximate surface area is 102 Å². The largest absolute Gasteiger partial charge is 0.391 e. The van der Waals surface area contributed by atoms with Gasteiger partial charge in [0, 0.05) is 6.26 Å². The molecule has 0 bridgehead atoms. The molecule has 1 rings (SSSR count). The number of halogens is 1. The van der Waals surface area contributed by atoms with Gasteiger partial charge in [-0.3, -0.25) is 0 Å². The van der Waals surface area contributed by atoms with Gasteiger partial charge < -0.3 is 10.8 Å². The van der Waals surface area contributed by atoms with Crippen molar-refractivity contribution in [2.24, 2.45) is 5.73 Å². The Balaban J connectivity index is 0.00000225. The lowest BCUT2D eigenvalue weighted by molar-refractivity contribution is 0.164. The Morgan fingerprint density at radius 3 is 2.00 bits per heavy atom. The van der Waals surface area contributed by atoms with Crippen molar-refractivity contribution >= 4 is 22.2 Å². The van der Waals surface area contributed by atoms with Gasteiger partial charge >= 0.3 is 0 Å². The molecule has 0 aliphatic carbocycles. The molecule has 0 amide bonds. The molecule has 0 unspecified atom stereocenters. The minimum absolute atomic E-state index is 0. The predicted octanol–water partition coefficient (Wildman–Crippen LogP) is 0.893. The second-order valence-corrected chi connectivity index (χ2v) is 5.62. The van der Waals surface area contributed by atoms with E-state index in [2.05, 4.69) is 0 Å². The predicted molar refractivity (Wildman–Crippen MR) is 65.4 cm³/mol. The third kappa shape index (κ3) is 3.75. The Bertz CT molecular complexity index is 428. The molecule has 16 heavy (non-hydrogen) atoms. The number of hydrogen-bond acceptors (Lipinski definition) is 4. The van der Waals surface area contributed by atoms with Gasteiger partial charge in [-0.1, -0.05) is 12.1 Å². The van der Waals surface area contributed by atoms with Gasteiger partial charge in [-0.2, -0.15) is 0 Å². The lowest BCUT2D eigenvalue weighted by Crippen LogP contribution is -2.23. The number of benzene rings is 1. The van der Waals surface area contributed by atoms with Crippen LogP contribution in [0.1, 0.15) is 18.5 Å². The topological polar surface area (TPSA) is 80.4 Å². The number of hydrogen-bond donors (Lipinski definition) is 2. The number of aliphatic hydroxyl groups excluding tert-OH is 1. The maximum Gasteiger partial charge on any atom is 0.175 e. The highest BCUT2D eigenvalue weighted by Gasteiger charge is 2.13. The molecule has 3 N–H and O–H groups in total. The fraction of sp³-hybridized carbons (Fsp3) is 0.400. The minimum atomic E-state index is -3.17. The van der Waals surface area contributed by atoms with Crippen LogP contribution >= 0.6 is 12.4 Å². The summed E-state index contributed by atoms with van der Waals surface area (Å²) in [6.45, 7) is 1.59. The third-order valence-corrected chi connectivity index (χ3v) is 3.34. The first-order valence-electron chi connectivity index (χ1n) is 4.56. The second kappa shape index (κ2) is 5.63. The molecule has 4 nitrogen and oxygen atoms in total. The van der Waals surface area contributed by atoms with E-state index in [-0.39, 0.29) is 17.3 Å². The smallest absolute Gasteiger partial charge is 0.175 e. The molecule has 0 aliphatic heterocycles. The van der Waals surface area contributed by atoms with Crippen molar-refractivity contribution in [3.05, 3.63) is 29.8 Å². The van der Waals surface area contributed by atoms with E-state index in [1.165, 1.54) is 12.1 Å². The summed E-state index contributed by atoms with van der Waals surface area (Å²) in [6, 6.07) is 5.74. The lowest BCUT2D eigenvalue weighted by Gasteiger charge is -2.15. The maximum absolute atomic E-state index is 11.2. The van der Waals surface area contributed by atoms with E-state index in [4.69, 9.17) is 5.73 Å². The van der Waals surface area contributed by atoms with E-state index in [1.807, 2.05) is 0 Å². The fourth-order valence-electron chi connectivity index (χ4n) is 1.22. The zero-order valence-electron chi connectivity index (χ0n) is 9.12. The van der Waals surface area contributed by atoms with E-state index >= 15 is 0 Å². The summed E-state index contributed by atoms with van der Waals surface area (Å²) in [5.41, 5.74) is 6.42. The Hall–Kier alpha value is -0.620. The number of sulfone groups is 1. The Morgan fingerprint density at radius 2 is 1.69 bits per heavy atom. The molecule has 2 atom stereocenters. The van der Waals surface area contributed by atoms with E-state index in [1.54, 1.807) is 19.1 Å². The van der Waals surface area contributed by atoms with Gasteiger partial charge in [0.05, 0.1) is 17.0 Å². The van der Waals surface area contributed by atoms with Crippen molar-refractivity contribution < 1.29 is 13.5 Å². The molecular formula is C10H16ClNO3S. The van der Waals surface area contributed by atoms with Crippen molar-refractivity contribution in [2.45, 2.75) is 24.0 Å². The van der Waals surface area contributed by atoms with Crippen LogP contribution in [-0.2, 0) is 9.84 Å². The van der Waals surface area contributed by atoms with Crippen LogP contribution in [0.25, 0.3) is 0 Å². The summed E-state index contributed by atoms with van der Waals surface area (Å²) < 4.78 is 22.3. The van der Waals surface area contributed by atoms with E-state index in [9.17, 15) is 13.5 Å². The first-order valence-corrected chi connectivity index (χ1v) is 6.45. The maximum atomic E-state index is 11.2. The number of rotatable bonds is 3. The Morgan fingerprint density at radius 1 is 1.25 bits per heavy atom. The van der Waals surface area contributed by atoms with E-state index in [0.29, 0.717) is 0 Å². The molecule has 92 valence electrons. The lowest BCUT2D eigenvalue weighted by atomic mass is 10.0. The quantitative estimate of drug-likeness (QED) is 0.851. The van der Waals surface area contributed by atoms with Crippen LogP contribution in [0.5, 0.6) is 0 Å². The van der Waals surface area contributed by atoms with Crippen molar-refractivity contribution in [3.8, 4) is 0 Å². The second-order valence-electron chi connectivity index (χ2n) is 3.61. The molecule has 0 saturated heterocycles. The molecule has 0 fully saturated rings. The monoisotopic (exact) mass is 265 g/mol. The average molecular weight is 266 g/mol. The SMILES string of the molecule is C[C@@H](O)[C@@H](N)c1ccc(S(C)(=O)=O)cc1.Cl. The molecule has 0 heterocycles. The number of aliphatic hydroxyl groups is 1. The van der Waals surface area contributed by atoms with Gasteiger partial charge in [0.25, 0.3) is 0 Å². The van der Waals surface area contributed by atoms with Crippen molar-refractivity contribution in [3.63, 3.8) is 0 Å². The zero-order chi connectivity index (χ0) is 11.6. The van der Waals surface area contributed by atoms with Gasteiger partial charge in [-0.15, -0.1) is 12.4 Å². The standard InChI is InChI=1S/C10H15NO3S.ClH/c1-7(12)10(11)8-3-5-9(6-4-8)15(2,13)14;/h3-7,10,12H,11H2,1-2H3;1H/t7-,10-;/m1./s1. The first kappa shape index (κ1) is 15.4. The van der Waals surface area contributed by atoms with Crippen LogP contribution in [0, 0.1) is 0 Å². The molecule has 1 aromatic carbocycles. The average Bonchev–Trinajstić information content (AvgIpc) is 2.15. The van der Waals surface area contributed by atoms with Crippen LogP contribution < -0.4 is 5.73 Å². The molecule has 0 radical (unpaired) electrons. The van der Waals surface area contributed by atoms with Crippen LogP contribution in [0.3, 0.4) is 0 Å². The third-order valence-electron chi connectivity index (χ3n) is 2.21. The van der Waals surface area contributed by atoms with Crippen LogP contribution in [-0.4, -0.2) is 25.9 Å². The van der Waals surface area contributed by atoms with Crippen LogP contribution in [0.4, 0.5) is 0 Å². The van der Waals surface area contributed by atoms with Crippen molar-refractivity contribution in [1.82, 2.24) is 0 Å². The highest BCUT2D eigenvalue weighted by molar-refractivity contribution is 7.90. The molecule has 0 aromatic heterocycles. The first-order chi connectivity index (χ1) is 6.82. The number of nitrogens with two attached hydrogens (primary N) is 1. The van der Waals surface area contributed by atoms with Crippen LogP contribution in [0.15, 0.2) is 29.2 Å². The molecule has 0 aliphatic rings. The van der Waals surface area contributed by atoms with Crippen molar-refractivity contribution in [1.29, 1.82) is 0 Å². The molecule has 0 saturated carbocycles. The van der Waals surface area contributed by atoms with E-state index < -0.39 is 22.0 Å². The zero-order valence-corrected chi connectivity index (χ0v) is 10.8. The summed E-state index contributed by atoms with van der Waals surface area (Å²) in [6.07, 6.45) is 0.491. The van der Waals surface area contributed by atoms with Gasteiger partial charge in [-0.25, -0.2) is 8.42 Å². The fourth-order valence-corrected chi connectivity index (χ4v) is 1.85. The highest BCUT2D eigenvalue weighted by atomic mass is 35.5.